The number of hydrogen-bond donors (Lipinski definition) is 1. The summed E-state index contributed by atoms with van der Waals surface area (Å²) in [6, 6.07) is 8.44. The minimum absolute atomic E-state index is 0.925. The quantitative estimate of drug-likeness (QED) is 0.856. The molecule has 2 nitrogen and oxygen atoms in total. The maximum Gasteiger partial charge on any atom is 0.0972 e. The van der Waals surface area contributed by atoms with Crippen LogP contribution in [-0.4, -0.2) is 12.0 Å². The second kappa shape index (κ2) is 4.45. The number of anilines is 1. The zero-order valence-corrected chi connectivity index (χ0v) is 9.77. The van der Waals surface area contributed by atoms with Gasteiger partial charge in [0.25, 0.3) is 0 Å². The number of aryl methyl sites for hydroxylation is 1. The molecule has 0 amide bonds. The van der Waals surface area contributed by atoms with Crippen LogP contribution in [0.5, 0.6) is 0 Å². The van der Waals surface area contributed by atoms with Gasteiger partial charge in [-0.1, -0.05) is 12.1 Å². The Morgan fingerprint density at radius 3 is 2.93 bits per heavy atom. The van der Waals surface area contributed by atoms with E-state index in [-0.39, 0.29) is 0 Å². The highest BCUT2D eigenvalue weighted by molar-refractivity contribution is 7.09. The smallest absolute Gasteiger partial charge is 0.0972 e. The topological polar surface area (TPSA) is 24.9 Å². The molecule has 0 saturated carbocycles. The molecule has 0 aliphatic heterocycles. The van der Waals surface area contributed by atoms with Crippen molar-refractivity contribution >= 4 is 17.0 Å². The molecule has 0 aliphatic carbocycles. The average Bonchev–Trinajstić information content (AvgIpc) is 2.64. The SMILES string of the molecule is CNc1cccc(Cc2nc(C)cs2)c1. The summed E-state index contributed by atoms with van der Waals surface area (Å²) in [5.41, 5.74) is 3.57. The lowest BCUT2D eigenvalue weighted by molar-refractivity contribution is 1.10. The summed E-state index contributed by atoms with van der Waals surface area (Å²) in [6.07, 6.45) is 0.925. The lowest BCUT2D eigenvalue weighted by Crippen LogP contribution is -1.91. The predicted molar refractivity (Wildman–Crippen MR) is 65.6 cm³/mol. The van der Waals surface area contributed by atoms with Gasteiger partial charge in [0, 0.05) is 30.2 Å². The Bertz CT molecular complexity index is 448. The number of aromatic nitrogens is 1. The van der Waals surface area contributed by atoms with Gasteiger partial charge in [0.2, 0.25) is 0 Å². The lowest BCUT2D eigenvalue weighted by Gasteiger charge is -2.02. The second-order valence-corrected chi connectivity index (χ2v) is 4.45. The van der Waals surface area contributed by atoms with E-state index in [9.17, 15) is 0 Å². The molecule has 1 N–H and O–H groups in total. The lowest BCUT2D eigenvalue weighted by atomic mass is 10.1. The standard InChI is InChI=1S/C12H14N2S/c1-9-8-15-12(14-9)7-10-4-3-5-11(6-10)13-2/h3-6,8,13H,7H2,1-2H3. The van der Waals surface area contributed by atoms with Gasteiger partial charge in [0.1, 0.15) is 0 Å². The Balaban J connectivity index is 2.16. The van der Waals surface area contributed by atoms with Gasteiger partial charge in [0.15, 0.2) is 0 Å². The molecule has 0 radical (unpaired) electrons. The molecule has 15 heavy (non-hydrogen) atoms. The Morgan fingerprint density at radius 2 is 2.27 bits per heavy atom. The van der Waals surface area contributed by atoms with E-state index in [4.69, 9.17) is 0 Å². The fourth-order valence-corrected chi connectivity index (χ4v) is 2.30. The van der Waals surface area contributed by atoms with Crippen molar-refractivity contribution in [2.75, 3.05) is 12.4 Å². The summed E-state index contributed by atoms with van der Waals surface area (Å²) >= 11 is 1.73. The molecule has 78 valence electrons. The zero-order chi connectivity index (χ0) is 10.7. The fraction of sp³-hybridized carbons (Fsp3) is 0.250. The summed E-state index contributed by atoms with van der Waals surface area (Å²) in [7, 11) is 1.94. The Labute approximate surface area is 94.0 Å². The molecule has 0 aliphatic rings. The maximum absolute atomic E-state index is 4.46. The third-order valence-electron chi connectivity index (χ3n) is 2.24. The van der Waals surface area contributed by atoms with Crippen molar-refractivity contribution in [1.29, 1.82) is 0 Å². The van der Waals surface area contributed by atoms with E-state index in [0.29, 0.717) is 0 Å². The summed E-state index contributed by atoms with van der Waals surface area (Å²) in [5, 5.41) is 6.42. The molecule has 1 aromatic carbocycles. The molecule has 0 atom stereocenters. The van der Waals surface area contributed by atoms with Gasteiger partial charge < -0.3 is 5.32 Å². The van der Waals surface area contributed by atoms with Crippen molar-refractivity contribution in [2.45, 2.75) is 13.3 Å². The maximum atomic E-state index is 4.46. The van der Waals surface area contributed by atoms with E-state index >= 15 is 0 Å². The number of thiazole rings is 1. The van der Waals surface area contributed by atoms with Crippen LogP contribution in [0.15, 0.2) is 29.6 Å². The summed E-state index contributed by atoms with van der Waals surface area (Å²) in [4.78, 5) is 4.46. The van der Waals surface area contributed by atoms with Crippen molar-refractivity contribution in [1.82, 2.24) is 4.98 Å². The summed E-state index contributed by atoms with van der Waals surface area (Å²) in [5.74, 6) is 0. The molecular weight excluding hydrogens is 204 g/mol. The average molecular weight is 218 g/mol. The molecule has 2 rings (SSSR count). The van der Waals surface area contributed by atoms with E-state index in [0.717, 1.165) is 17.8 Å². The molecule has 0 spiro atoms. The molecule has 0 bridgehead atoms. The van der Waals surface area contributed by atoms with Gasteiger partial charge in [-0.25, -0.2) is 4.98 Å². The number of nitrogens with one attached hydrogen (secondary N) is 1. The third kappa shape index (κ3) is 2.57. The van der Waals surface area contributed by atoms with E-state index < -0.39 is 0 Å². The molecule has 3 heteroatoms. The van der Waals surface area contributed by atoms with Gasteiger partial charge in [-0.3, -0.25) is 0 Å². The van der Waals surface area contributed by atoms with E-state index in [1.165, 1.54) is 10.6 Å². The van der Waals surface area contributed by atoms with Gasteiger partial charge in [-0.15, -0.1) is 11.3 Å². The minimum Gasteiger partial charge on any atom is -0.388 e. The Hall–Kier alpha value is -1.35. The zero-order valence-electron chi connectivity index (χ0n) is 8.95. The van der Waals surface area contributed by atoms with Crippen LogP contribution in [0, 0.1) is 6.92 Å². The Morgan fingerprint density at radius 1 is 1.40 bits per heavy atom. The second-order valence-electron chi connectivity index (χ2n) is 3.51. The van der Waals surface area contributed by atoms with Crippen LogP contribution in [0.25, 0.3) is 0 Å². The first-order chi connectivity index (χ1) is 7.28. The van der Waals surface area contributed by atoms with Gasteiger partial charge >= 0.3 is 0 Å². The third-order valence-corrected chi connectivity index (χ3v) is 3.20. The highest BCUT2D eigenvalue weighted by Crippen LogP contribution is 2.16. The van der Waals surface area contributed by atoms with Crippen LogP contribution >= 0.6 is 11.3 Å². The largest absolute Gasteiger partial charge is 0.388 e. The molecule has 1 heterocycles. The summed E-state index contributed by atoms with van der Waals surface area (Å²) < 4.78 is 0. The number of rotatable bonds is 3. The first-order valence-electron chi connectivity index (χ1n) is 4.95. The highest BCUT2D eigenvalue weighted by Gasteiger charge is 2.01. The van der Waals surface area contributed by atoms with Crippen molar-refractivity contribution in [3.63, 3.8) is 0 Å². The fourth-order valence-electron chi connectivity index (χ4n) is 1.50. The van der Waals surface area contributed by atoms with Crippen LogP contribution in [0.1, 0.15) is 16.3 Å². The molecular formula is C12H14N2S. The molecule has 0 saturated heterocycles. The Kier molecular flexibility index (Phi) is 3.02. The molecule has 0 fully saturated rings. The van der Waals surface area contributed by atoms with Crippen LogP contribution in [0.4, 0.5) is 5.69 Å². The normalized spacial score (nSPS) is 10.3. The molecule has 2 aromatic rings. The van der Waals surface area contributed by atoms with Crippen LogP contribution < -0.4 is 5.32 Å². The van der Waals surface area contributed by atoms with Gasteiger partial charge in [-0.05, 0) is 24.6 Å². The first-order valence-corrected chi connectivity index (χ1v) is 5.83. The van der Waals surface area contributed by atoms with Crippen molar-refractivity contribution < 1.29 is 0 Å². The van der Waals surface area contributed by atoms with Crippen molar-refractivity contribution in [3.8, 4) is 0 Å². The number of nitrogens with zero attached hydrogens (tertiary/aromatic N) is 1. The summed E-state index contributed by atoms with van der Waals surface area (Å²) in [6.45, 7) is 2.03. The molecule has 1 aromatic heterocycles. The van der Waals surface area contributed by atoms with Crippen molar-refractivity contribution in [3.05, 3.63) is 45.9 Å². The van der Waals surface area contributed by atoms with E-state index in [1.54, 1.807) is 11.3 Å². The van der Waals surface area contributed by atoms with Crippen LogP contribution in [-0.2, 0) is 6.42 Å². The van der Waals surface area contributed by atoms with Gasteiger partial charge in [0.05, 0.1) is 5.01 Å². The van der Waals surface area contributed by atoms with E-state index in [1.807, 2.05) is 14.0 Å². The number of hydrogen-bond acceptors (Lipinski definition) is 3. The van der Waals surface area contributed by atoms with Crippen LogP contribution in [0.2, 0.25) is 0 Å². The van der Waals surface area contributed by atoms with Crippen molar-refractivity contribution in [2.24, 2.45) is 0 Å². The predicted octanol–water partition coefficient (Wildman–Crippen LogP) is 3.08. The van der Waals surface area contributed by atoms with E-state index in [2.05, 4.69) is 39.9 Å². The highest BCUT2D eigenvalue weighted by atomic mass is 32.1. The van der Waals surface area contributed by atoms with Gasteiger partial charge in [-0.2, -0.15) is 0 Å². The molecule has 0 unspecified atom stereocenters. The number of benzene rings is 1. The monoisotopic (exact) mass is 218 g/mol. The van der Waals surface area contributed by atoms with Crippen LogP contribution in [0.3, 0.4) is 0 Å². The minimum atomic E-state index is 0.925. The first kappa shape index (κ1) is 10.2.